The number of rotatable bonds is 4. The topological polar surface area (TPSA) is 59.2 Å². The molecule has 1 heterocycles. The lowest BCUT2D eigenvalue weighted by Crippen LogP contribution is -2.36. The zero-order valence-corrected chi connectivity index (χ0v) is 11.8. The van der Waals surface area contributed by atoms with E-state index in [9.17, 15) is 4.79 Å². The maximum absolute atomic E-state index is 12.5. The van der Waals surface area contributed by atoms with Gasteiger partial charge in [0, 0.05) is 36.2 Å². The van der Waals surface area contributed by atoms with Gasteiger partial charge in [-0.05, 0) is 43.7 Å². The summed E-state index contributed by atoms with van der Waals surface area (Å²) >= 11 is 0. The molecule has 2 rings (SSSR count). The molecule has 0 bridgehead atoms. The molecule has 104 valence electrons. The molecule has 0 atom stereocenters. The van der Waals surface area contributed by atoms with Gasteiger partial charge in [0.1, 0.15) is 0 Å². The number of benzene rings is 1. The zero-order chi connectivity index (χ0) is 14.5. The van der Waals surface area contributed by atoms with E-state index in [0.717, 1.165) is 11.3 Å². The number of carbonyl (C=O) groups excluding carboxylic acids is 1. The van der Waals surface area contributed by atoms with Gasteiger partial charge in [0.2, 0.25) is 0 Å². The number of carbonyl (C=O) groups is 1. The van der Waals surface area contributed by atoms with Gasteiger partial charge >= 0.3 is 0 Å². The minimum Gasteiger partial charge on any atom is -0.399 e. The Morgan fingerprint density at radius 2 is 1.75 bits per heavy atom. The van der Waals surface area contributed by atoms with Crippen LogP contribution >= 0.6 is 0 Å². The fourth-order valence-corrected chi connectivity index (χ4v) is 1.97. The van der Waals surface area contributed by atoms with Gasteiger partial charge in [-0.2, -0.15) is 0 Å². The Morgan fingerprint density at radius 3 is 2.30 bits per heavy atom. The molecule has 0 spiro atoms. The minimum atomic E-state index is 0.0132. The smallest absolute Gasteiger partial charge is 0.254 e. The molecular weight excluding hydrogens is 250 g/mol. The molecule has 4 heteroatoms. The number of anilines is 1. The highest BCUT2D eigenvalue weighted by molar-refractivity contribution is 5.94. The first kappa shape index (κ1) is 14.1. The van der Waals surface area contributed by atoms with Crippen molar-refractivity contribution in [3.05, 3.63) is 59.9 Å². The summed E-state index contributed by atoms with van der Waals surface area (Å²) in [7, 11) is 0. The summed E-state index contributed by atoms with van der Waals surface area (Å²) in [5.74, 6) is 0.0132. The lowest BCUT2D eigenvalue weighted by atomic mass is 10.1. The van der Waals surface area contributed by atoms with Crippen molar-refractivity contribution in [1.29, 1.82) is 0 Å². The van der Waals surface area contributed by atoms with Crippen molar-refractivity contribution in [2.24, 2.45) is 0 Å². The molecule has 1 aromatic heterocycles. The summed E-state index contributed by atoms with van der Waals surface area (Å²) in [6, 6.07) is 11.2. The highest BCUT2D eigenvalue weighted by atomic mass is 16.2. The van der Waals surface area contributed by atoms with Gasteiger partial charge in [-0.1, -0.05) is 12.1 Å². The Hall–Kier alpha value is -2.36. The molecule has 2 N–H and O–H groups in total. The van der Waals surface area contributed by atoms with Crippen LogP contribution in [-0.4, -0.2) is 21.8 Å². The van der Waals surface area contributed by atoms with Gasteiger partial charge < -0.3 is 10.6 Å². The quantitative estimate of drug-likeness (QED) is 0.868. The Kier molecular flexibility index (Phi) is 4.35. The zero-order valence-electron chi connectivity index (χ0n) is 11.8. The molecule has 4 nitrogen and oxygen atoms in total. The maximum atomic E-state index is 12.5. The third kappa shape index (κ3) is 3.35. The summed E-state index contributed by atoms with van der Waals surface area (Å²) in [5.41, 5.74) is 8.13. The van der Waals surface area contributed by atoms with Crippen molar-refractivity contribution in [3.63, 3.8) is 0 Å². The van der Waals surface area contributed by atoms with E-state index in [1.165, 1.54) is 0 Å². The number of pyridine rings is 1. The largest absolute Gasteiger partial charge is 0.399 e. The number of nitrogens with zero attached hydrogens (tertiary/aromatic N) is 2. The van der Waals surface area contributed by atoms with E-state index in [2.05, 4.69) is 4.98 Å². The van der Waals surface area contributed by atoms with Crippen LogP contribution < -0.4 is 5.73 Å². The molecule has 0 fully saturated rings. The van der Waals surface area contributed by atoms with Crippen LogP contribution in [0.1, 0.15) is 29.8 Å². The molecular formula is C16H19N3O. The lowest BCUT2D eigenvalue weighted by Gasteiger charge is -2.27. The van der Waals surface area contributed by atoms with Gasteiger partial charge in [-0.25, -0.2) is 0 Å². The van der Waals surface area contributed by atoms with Crippen LogP contribution in [-0.2, 0) is 6.54 Å². The molecule has 0 aliphatic heterocycles. The van der Waals surface area contributed by atoms with Crippen LogP contribution in [0.5, 0.6) is 0 Å². The summed E-state index contributed by atoms with van der Waals surface area (Å²) in [5, 5.41) is 0. The highest BCUT2D eigenvalue weighted by Crippen LogP contribution is 2.14. The minimum absolute atomic E-state index is 0.0132. The number of amides is 1. The van der Waals surface area contributed by atoms with E-state index >= 15 is 0 Å². The average Bonchev–Trinajstić information content (AvgIpc) is 2.46. The molecule has 0 aliphatic carbocycles. The maximum Gasteiger partial charge on any atom is 0.254 e. The van der Waals surface area contributed by atoms with Gasteiger partial charge in [-0.3, -0.25) is 9.78 Å². The molecule has 0 unspecified atom stereocenters. The summed E-state index contributed by atoms with van der Waals surface area (Å²) < 4.78 is 0. The predicted molar refractivity (Wildman–Crippen MR) is 80.1 cm³/mol. The number of nitrogens with two attached hydrogens (primary N) is 1. The standard InChI is InChI=1S/C16H19N3O/c1-12(2)19(11-13-3-5-15(17)6-4-13)16(20)14-7-9-18-10-8-14/h3-10,12H,11,17H2,1-2H3. The molecule has 1 aromatic carbocycles. The van der Waals surface area contributed by atoms with Crippen LogP contribution in [0.25, 0.3) is 0 Å². The van der Waals surface area contributed by atoms with Crippen molar-refractivity contribution >= 4 is 11.6 Å². The van der Waals surface area contributed by atoms with E-state index in [1.807, 2.05) is 43.0 Å². The van der Waals surface area contributed by atoms with E-state index in [1.54, 1.807) is 24.5 Å². The van der Waals surface area contributed by atoms with Crippen LogP contribution in [0.2, 0.25) is 0 Å². The van der Waals surface area contributed by atoms with Crippen molar-refractivity contribution in [2.45, 2.75) is 26.4 Å². The second kappa shape index (κ2) is 6.19. The Bertz CT molecular complexity index is 564. The number of hydrogen-bond donors (Lipinski definition) is 1. The Labute approximate surface area is 119 Å². The monoisotopic (exact) mass is 269 g/mol. The molecule has 1 amide bonds. The molecule has 0 saturated heterocycles. The van der Waals surface area contributed by atoms with Gasteiger partial charge in [0.05, 0.1) is 0 Å². The lowest BCUT2D eigenvalue weighted by molar-refractivity contribution is 0.0690. The first-order chi connectivity index (χ1) is 9.58. The Balaban J connectivity index is 2.19. The van der Waals surface area contributed by atoms with E-state index < -0.39 is 0 Å². The third-order valence-corrected chi connectivity index (χ3v) is 3.14. The van der Waals surface area contributed by atoms with Crippen molar-refractivity contribution in [3.8, 4) is 0 Å². The molecule has 0 aliphatic rings. The average molecular weight is 269 g/mol. The normalized spacial score (nSPS) is 10.6. The van der Waals surface area contributed by atoms with E-state index in [4.69, 9.17) is 5.73 Å². The second-order valence-electron chi connectivity index (χ2n) is 5.00. The van der Waals surface area contributed by atoms with E-state index in [0.29, 0.717) is 12.1 Å². The van der Waals surface area contributed by atoms with Crippen molar-refractivity contribution in [1.82, 2.24) is 9.88 Å². The van der Waals surface area contributed by atoms with Crippen LogP contribution in [0.3, 0.4) is 0 Å². The summed E-state index contributed by atoms with van der Waals surface area (Å²) in [4.78, 5) is 18.3. The predicted octanol–water partition coefficient (Wildman–Crippen LogP) is 2.71. The SMILES string of the molecule is CC(C)N(Cc1ccc(N)cc1)C(=O)c1ccncc1. The number of aromatic nitrogens is 1. The Morgan fingerprint density at radius 1 is 1.15 bits per heavy atom. The number of hydrogen-bond acceptors (Lipinski definition) is 3. The molecule has 0 saturated carbocycles. The van der Waals surface area contributed by atoms with Crippen molar-refractivity contribution in [2.75, 3.05) is 5.73 Å². The van der Waals surface area contributed by atoms with Crippen molar-refractivity contribution < 1.29 is 4.79 Å². The highest BCUT2D eigenvalue weighted by Gasteiger charge is 2.18. The fraction of sp³-hybridized carbons (Fsp3) is 0.250. The third-order valence-electron chi connectivity index (χ3n) is 3.14. The fourth-order valence-electron chi connectivity index (χ4n) is 1.97. The van der Waals surface area contributed by atoms with Gasteiger partial charge in [0.15, 0.2) is 0 Å². The van der Waals surface area contributed by atoms with Gasteiger partial charge in [0.25, 0.3) is 5.91 Å². The second-order valence-corrected chi connectivity index (χ2v) is 5.00. The summed E-state index contributed by atoms with van der Waals surface area (Å²) in [6.07, 6.45) is 3.27. The first-order valence-electron chi connectivity index (χ1n) is 6.63. The van der Waals surface area contributed by atoms with Gasteiger partial charge in [-0.15, -0.1) is 0 Å². The summed E-state index contributed by atoms with van der Waals surface area (Å²) in [6.45, 7) is 4.59. The van der Waals surface area contributed by atoms with Crippen LogP contribution in [0.4, 0.5) is 5.69 Å². The molecule has 20 heavy (non-hydrogen) atoms. The van der Waals surface area contributed by atoms with Crippen LogP contribution in [0, 0.1) is 0 Å². The molecule has 2 aromatic rings. The molecule has 0 radical (unpaired) electrons. The first-order valence-corrected chi connectivity index (χ1v) is 6.63. The van der Waals surface area contributed by atoms with E-state index in [-0.39, 0.29) is 11.9 Å². The van der Waals surface area contributed by atoms with Crippen LogP contribution in [0.15, 0.2) is 48.8 Å². The number of nitrogen functional groups attached to an aromatic ring is 1.